The van der Waals surface area contributed by atoms with Crippen molar-refractivity contribution in [2.75, 3.05) is 12.5 Å². The Bertz CT molecular complexity index is 2000. The maximum atomic E-state index is 13.6. The zero-order valence-corrected chi connectivity index (χ0v) is 22.6. The average molecular weight is 547 g/mol. The molecule has 0 atom stereocenters. The molecule has 186 valence electrons. The summed E-state index contributed by atoms with van der Waals surface area (Å²) >= 11 is 0. The van der Waals surface area contributed by atoms with Crippen LogP contribution in [0.4, 0.5) is 0 Å². The highest BCUT2D eigenvalue weighted by Gasteiger charge is 2.25. The van der Waals surface area contributed by atoms with Gasteiger partial charge in [-0.15, -0.1) is 0 Å². The van der Waals surface area contributed by atoms with Gasteiger partial charge in [-0.2, -0.15) is 0 Å². The second-order valence-corrected chi connectivity index (χ2v) is 15.1. The third-order valence-corrected chi connectivity index (χ3v) is 12.7. The summed E-state index contributed by atoms with van der Waals surface area (Å²) in [6, 6.07) is 32.0. The Morgan fingerprint density at radius 2 is 0.919 bits per heavy atom. The van der Waals surface area contributed by atoms with Crippen molar-refractivity contribution in [1.82, 2.24) is 7.47 Å². The zero-order chi connectivity index (χ0) is 25.9. The SMILES string of the molecule is CS(=O)(=O)n1c2ccc3ccccc3c2c2c3ccccc3ccc2n(S(C)(=O)=O)p1-c1ccccc1. The summed E-state index contributed by atoms with van der Waals surface area (Å²) in [6.45, 7) is 0. The molecule has 6 rings (SSSR count). The van der Waals surface area contributed by atoms with Gasteiger partial charge in [0.1, 0.15) is 0 Å². The molecule has 0 amide bonds. The van der Waals surface area contributed by atoms with Crippen LogP contribution in [-0.2, 0) is 20.0 Å². The Balaban J connectivity index is 2.16. The standard InChI is InChI=1S/C28H23N2O4PS2/c1-36(31,32)29-25-18-16-20-10-6-8-14-23(20)27(25)28-24-15-9-7-11-21(24)17-19-26(28)30(37(2,33)34)35(29)22-12-4-3-5-13-22/h3-19H,1-2H3. The van der Waals surface area contributed by atoms with E-state index in [0.717, 1.165) is 34.1 Å². The van der Waals surface area contributed by atoms with Gasteiger partial charge in [-0.25, -0.2) is 24.3 Å². The van der Waals surface area contributed by atoms with Gasteiger partial charge in [-0.1, -0.05) is 78.9 Å². The minimum Gasteiger partial charge on any atom is -0.209 e. The lowest BCUT2D eigenvalue weighted by Gasteiger charge is -2.18. The molecule has 0 radical (unpaired) electrons. The minimum atomic E-state index is -3.94. The van der Waals surface area contributed by atoms with Crippen molar-refractivity contribution in [3.63, 3.8) is 0 Å². The predicted octanol–water partition coefficient (Wildman–Crippen LogP) is 6.62. The van der Waals surface area contributed by atoms with Gasteiger partial charge in [-0.05, 0) is 45.8 Å². The molecular formula is C28H23N2O4PS2. The van der Waals surface area contributed by atoms with Gasteiger partial charge in [0.15, 0.2) is 0 Å². The highest BCUT2D eigenvalue weighted by atomic mass is 32.2. The highest BCUT2D eigenvalue weighted by molar-refractivity contribution is 7.96. The molecule has 9 heteroatoms. The molecule has 5 aromatic carbocycles. The first-order chi connectivity index (χ1) is 17.7. The van der Waals surface area contributed by atoms with Crippen molar-refractivity contribution in [3.8, 4) is 5.30 Å². The molecule has 0 saturated carbocycles. The summed E-state index contributed by atoms with van der Waals surface area (Å²) in [4.78, 5) is 0. The number of nitrogens with zero attached hydrogens (tertiary/aromatic N) is 2. The fraction of sp³-hybridized carbons (Fsp3) is 0.0714. The fourth-order valence-corrected chi connectivity index (χ4v) is 11.2. The van der Waals surface area contributed by atoms with Crippen LogP contribution in [0.2, 0.25) is 0 Å². The molecule has 6 aromatic rings. The van der Waals surface area contributed by atoms with Crippen molar-refractivity contribution >= 4 is 71.2 Å². The molecule has 0 aliphatic rings. The molecule has 0 fully saturated rings. The van der Waals surface area contributed by atoms with E-state index >= 15 is 0 Å². The first kappa shape index (κ1) is 23.8. The topological polar surface area (TPSA) is 78.1 Å². The Labute approximate surface area is 216 Å². The first-order valence-electron chi connectivity index (χ1n) is 11.6. The van der Waals surface area contributed by atoms with Crippen LogP contribution in [0.1, 0.15) is 0 Å². The second-order valence-electron chi connectivity index (χ2n) is 9.00. The molecule has 37 heavy (non-hydrogen) atoms. The van der Waals surface area contributed by atoms with Crippen molar-refractivity contribution < 1.29 is 16.8 Å². The lowest BCUT2D eigenvalue weighted by atomic mass is 9.98. The summed E-state index contributed by atoms with van der Waals surface area (Å²) < 4.78 is 57.1. The maximum Gasteiger partial charge on any atom is 0.240 e. The number of benzene rings is 5. The highest BCUT2D eigenvalue weighted by Crippen LogP contribution is 2.47. The van der Waals surface area contributed by atoms with E-state index in [1.807, 2.05) is 66.7 Å². The summed E-state index contributed by atoms with van der Waals surface area (Å²) in [7, 11) is -9.96. The minimum absolute atomic E-state index is 0.458. The van der Waals surface area contributed by atoms with Gasteiger partial charge in [0.25, 0.3) is 0 Å². The van der Waals surface area contributed by atoms with E-state index in [1.165, 1.54) is 7.47 Å². The van der Waals surface area contributed by atoms with Crippen LogP contribution in [0.3, 0.4) is 0 Å². The fourth-order valence-electron chi connectivity index (χ4n) is 5.05. The number of aromatic nitrogens is 2. The maximum absolute atomic E-state index is 13.6. The Morgan fingerprint density at radius 3 is 1.35 bits per heavy atom. The molecule has 1 aromatic heterocycles. The average Bonchev–Trinajstić information content (AvgIpc) is 3.02. The third kappa shape index (κ3) is 3.84. The van der Waals surface area contributed by atoms with E-state index in [-0.39, 0.29) is 0 Å². The molecular weight excluding hydrogens is 523 g/mol. The molecule has 0 spiro atoms. The largest absolute Gasteiger partial charge is 0.240 e. The Hall–Kier alpha value is -3.58. The van der Waals surface area contributed by atoms with E-state index in [1.54, 1.807) is 36.4 Å². The zero-order valence-electron chi connectivity index (χ0n) is 20.1. The molecule has 0 aliphatic carbocycles. The van der Waals surface area contributed by atoms with Crippen LogP contribution in [0.5, 0.6) is 0 Å². The normalized spacial score (nSPS) is 12.5. The number of hydrogen-bond acceptors (Lipinski definition) is 4. The van der Waals surface area contributed by atoms with Crippen molar-refractivity contribution in [1.29, 1.82) is 0 Å². The first-order valence-corrected chi connectivity index (χ1v) is 16.5. The molecule has 0 bridgehead atoms. The quantitative estimate of drug-likeness (QED) is 0.250. The van der Waals surface area contributed by atoms with Gasteiger partial charge < -0.3 is 0 Å². The van der Waals surface area contributed by atoms with Gasteiger partial charge in [0, 0.05) is 16.1 Å². The predicted molar refractivity (Wildman–Crippen MR) is 155 cm³/mol. The van der Waals surface area contributed by atoms with Crippen molar-refractivity contribution in [3.05, 3.63) is 103 Å². The van der Waals surface area contributed by atoms with E-state index in [9.17, 15) is 16.8 Å². The Morgan fingerprint density at radius 1 is 0.514 bits per heavy atom. The molecule has 0 N–H and O–H groups in total. The van der Waals surface area contributed by atoms with Crippen molar-refractivity contribution in [2.24, 2.45) is 0 Å². The molecule has 0 unspecified atom stereocenters. The summed E-state index contributed by atoms with van der Waals surface area (Å²) in [5.41, 5.74) is 0.917. The van der Waals surface area contributed by atoms with E-state index in [2.05, 4.69) is 0 Å². The summed E-state index contributed by atoms with van der Waals surface area (Å²) in [5.74, 6) is 0. The number of hydrogen-bond donors (Lipinski definition) is 0. The molecule has 6 nitrogen and oxygen atoms in total. The van der Waals surface area contributed by atoms with E-state index in [0.29, 0.717) is 27.1 Å². The van der Waals surface area contributed by atoms with Crippen LogP contribution in [0.15, 0.2) is 103 Å². The van der Waals surface area contributed by atoms with Gasteiger partial charge in [0.05, 0.1) is 31.4 Å². The van der Waals surface area contributed by atoms with E-state index < -0.39 is 27.9 Å². The van der Waals surface area contributed by atoms with Gasteiger partial charge in [0.2, 0.25) is 20.0 Å². The smallest absolute Gasteiger partial charge is 0.209 e. The van der Waals surface area contributed by atoms with Crippen LogP contribution in [0.25, 0.3) is 48.7 Å². The number of rotatable bonds is 3. The number of fused-ring (bicyclic) bond motifs is 7. The Kier molecular flexibility index (Phi) is 5.46. The summed E-state index contributed by atoms with van der Waals surface area (Å²) in [5, 5.41) is 5.58. The second kappa shape index (κ2) is 8.48. The third-order valence-electron chi connectivity index (χ3n) is 6.44. The lowest BCUT2D eigenvalue weighted by molar-refractivity contribution is 0.598. The van der Waals surface area contributed by atoms with Crippen LogP contribution >= 0.6 is 7.85 Å². The molecule has 0 saturated heterocycles. The summed E-state index contributed by atoms with van der Waals surface area (Å²) in [6.07, 6.45) is 2.28. The van der Waals surface area contributed by atoms with Crippen LogP contribution < -0.4 is 0 Å². The van der Waals surface area contributed by atoms with Gasteiger partial charge in [-0.3, -0.25) is 0 Å². The monoisotopic (exact) mass is 546 g/mol. The van der Waals surface area contributed by atoms with E-state index in [4.69, 9.17) is 0 Å². The van der Waals surface area contributed by atoms with Crippen LogP contribution in [-0.4, -0.2) is 36.8 Å². The lowest BCUT2D eigenvalue weighted by Crippen LogP contribution is -2.15. The molecule has 1 heterocycles. The molecule has 0 aliphatic heterocycles. The van der Waals surface area contributed by atoms with Crippen LogP contribution in [0, 0.1) is 0 Å². The van der Waals surface area contributed by atoms with Gasteiger partial charge >= 0.3 is 0 Å². The van der Waals surface area contributed by atoms with Crippen molar-refractivity contribution in [2.45, 2.75) is 0 Å².